The molecule has 0 spiro atoms. The van der Waals surface area contributed by atoms with Crippen LogP contribution in [0, 0.1) is 0 Å². The smallest absolute Gasteiger partial charge is 0.125 e. The first-order valence-electron chi connectivity index (χ1n) is 4.05. The van der Waals surface area contributed by atoms with Gasteiger partial charge in [-0.05, 0) is 12.1 Å². The summed E-state index contributed by atoms with van der Waals surface area (Å²) >= 11 is 1.77. The largest absolute Gasteiger partial charge is 0.353 e. The van der Waals surface area contributed by atoms with E-state index in [1.54, 1.807) is 11.3 Å². The number of hydrogen-bond acceptors (Lipinski definition) is 4. The monoisotopic (exact) mass is 209 g/mol. The molecule has 0 aromatic carbocycles. The molecule has 66 valence electrons. The van der Waals surface area contributed by atoms with E-state index < -0.39 is 0 Å². The highest BCUT2D eigenvalue weighted by molar-refractivity contribution is 7.38. The van der Waals surface area contributed by atoms with Gasteiger partial charge in [0, 0.05) is 31.9 Å². The number of fused-ring (bicyclic) bond motifs is 3. The number of nitrogens with zero attached hydrogens (tertiary/aromatic N) is 1. The lowest BCUT2D eigenvalue weighted by molar-refractivity contribution is 0.986. The van der Waals surface area contributed by atoms with Crippen molar-refractivity contribution in [2.45, 2.75) is 6.54 Å². The third-order valence-corrected chi connectivity index (χ3v) is 3.91. The van der Waals surface area contributed by atoms with Crippen molar-refractivity contribution in [1.82, 2.24) is 10.1 Å². The minimum absolute atomic E-state index is 0.628. The van der Waals surface area contributed by atoms with Crippen LogP contribution in [-0.2, 0) is 6.54 Å². The molecule has 3 rings (SSSR count). The van der Waals surface area contributed by atoms with Crippen molar-refractivity contribution in [3.63, 3.8) is 0 Å². The zero-order valence-electron chi connectivity index (χ0n) is 6.79. The molecule has 5 heteroatoms. The number of rotatable bonds is 0. The van der Waals surface area contributed by atoms with Crippen molar-refractivity contribution in [3.8, 4) is 0 Å². The molecule has 1 aliphatic rings. The van der Waals surface area contributed by atoms with E-state index in [1.807, 2.05) is 12.3 Å². The maximum Gasteiger partial charge on any atom is 0.125 e. The SMILES string of the molecule is c1cnc2sc3c(c2c1)NPNC3. The Bertz CT molecular complexity index is 454. The lowest BCUT2D eigenvalue weighted by Crippen LogP contribution is -2.09. The van der Waals surface area contributed by atoms with Crippen LogP contribution in [0.3, 0.4) is 0 Å². The lowest BCUT2D eigenvalue weighted by atomic mass is 10.3. The summed E-state index contributed by atoms with van der Waals surface area (Å²) in [7, 11) is 0.628. The summed E-state index contributed by atoms with van der Waals surface area (Å²) in [6.07, 6.45) is 1.85. The Kier molecular flexibility index (Phi) is 1.72. The lowest BCUT2D eigenvalue weighted by Gasteiger charge is -2.14. The third kappa shape index (κ3) is 1.14. The molecule has 0 fully saturated rings. The zero-order valence-corrected chi connectivity index (χ0v) is 8.61. The number of aromatic nitrogens is 1. The first kappa shape index (κ1) is 7.68. The predicted molar refractivity (Wildman–Crippen MR) is 58.4 cm³/mol. The van der Waals surface area contributed by atoms with E-state index in [9.17, 15) is 0 Å². The van der Waals surface area contributed by atoms with Crippen LogP contribution in [0.25, 0.3) is 10.2 Å². The highest BCUT2D eigenvalue weighted by Crippen LogP contribution is 2.38. The summed E-state index contributed by atoms with van der Waals surface area (Å²) < 4.78 is 0. The van der Waals surface area contributed by atoms with Crippen molar-refractivity contribution in [2.24, 2.45) is 0 Å². The van der Waals surface area contributed by atoms with Gasteiger partial charge in [0.1, 0.15) is 4.83 Å². The highest BCUT2D eigenvalue weighted by Gasteiger charge is 2.14. The molecular formula is C8H8N3PS. The maximum absolute atomic E-state index is 4.34. The van der Waals surface area contributed by atoms with Gasteiger partial charge in [-0.2, -0.15) is 0 Å². The molecule has 2 aromatic rings. The minimum atomic E-state index is 0.628. The molecule has 1 atom stereocenters. The molecule has 2 N–H and O–H groups in total. The van der Waals surface area contributed by atoms with E-state index in [2.05, 4.69) is 21.2 Å². The molecule has 1 unspecified atom stereocenters. The van der Waals surface area contributed by atoms with E-state index in [-0.39, 0.29) is 0 Å². The second-order valence-corrected chi connectivity index (χ2v) is 4.80. The van der Waals surface area contributed by atoms with Crippen molar-refractivity contribution in [3.05, 3.63) is 23.2 Å². The fourth-order valence-electron chi connectivity index (χ4n) is 1.47. The first-order chi connectivity index (χ1) is 6.45. The van der Waals surface area contributed by atoms with Gasteiger partial charge in [-0.3, -0.25) is 5.09 Å². The van der Waals surface area contributed by atoms with Crippen molar-refractivity contribution in [1.29, 1.82) is 0 Å². The molecule has 3 nitrogen and oxygen atoms in total. The topological polar surface area (TPSA) is 37.0 Å². The molecule has 0 aliphatic carbocycles. The molecule has 0 radical (unpaired) electrons. The Morgan fingerprint density at radius 2 is 2.54 bits per heavy atom. The summed E-state index contributed by atoms with van der Waals surface area (Å²) in [5.74, 6) is 0. The molecule has 1 aliphatic heterocycles. The van der Waals surface area contributed by atoms with Crippen molar-refractivity contribution < 1.29 is 0 Å². The summed E-state index contributed by atoms with van der Waals surface area (Å²) in [6, 6.07) is 4.11. The summed E-state index contributed by atoms with van der Waals surface area (Å²) in [6.45, 7) is 0.974. The number of pyridine rings is 1. The Hall–Kier alpha value is -0.700. The molecular weight excluding hydrogens is 201 g/mol. The number of nitrogens with one attached hydrogen (secondary N) is 2. The zero-order chi connectivity index (χ0) is 8.67. The Morgan fingerprint density at radius 3 is 3.54 bits per heavy atom. The Morgan fingerprint density at radius 1 is 1.54 bits per heavy atom. The highest BCUT2D eigenvalue weighted by atomic mass is 32.1. The average molecular weight is 209 g/mol. The van der Waals surface area contributed by atoms with E-state index in [0.29, 0.717) is 8.88 Å². The number of anilines is 1. The fraction of sp³-hybridized carbons (Fsp3) is 0.125. The van der Waals surface area contributed by atoms with E-state index in [1.165, 1.54) is 16.0 Å². The van der Waals surface area contributed by atoms with Gasteiger partial charge in [0.2, 0.25) is 0 Å². The molecule has 2 aromatic heterocycles. The minimum Gasteiger partial charge on any atom is -0.353 e. The summed E-state index contributed by atoms with van der Waals surface area (Å²) in [5.41, 5.74) is 1.28. The van der Waals surface area contributed by atoms with Crippen LogP contribution in [0.1, 0.15) is 4.88 Å². The number of hydrogen-bond donors (Lipinski definition) is 2. The van der Waals surface area contributed by atoms with Crippen molar-refractivity contribution in [2.75, 3.05) is 5.09 Å². The van der Waals surface area contributed by atoms with Crippen LogP contribution in [0.15, 0.2) is 18.3 Å². The van der Waals surface area contributed by atoms with Crippen LogP contribution in [0.5, 0.6) is 0 Å². The summed E-state index contributed by atoms with van der Waals surface area (Å²) in [5, 5.41) is 7.93. The van der Waals surface area contributed by atoms with Gasteiger partial charge in [0.05, 0.1) is 5.69 Å². The predicted octanol–water partition coefficient (Wildman–Crippen LogP) is 2.32. The Labute approximate surface area is 81.5 Å². The van der Waals surface area contributed by atoms with E-state index in [0.717, 1.165) is 11.4 Å². The maximum atomic E-state index is 4.34. The van der Waals surface area contributed by atoms with Gasteiger partial charge in [-0.15, -0.1) is 11.3 Å². The molecule has 0 saturated carbocycles. The third-order valence-electron chi connectivity index (χ3n) is 2.06. The van der Waals surface area contributed by atoms with Crippen LogP contribution in [0.4, 0.5) is 5.69 Å². The van der Waals surface area contributed by atoms with Gasteiger partial charge in [0.25, 0.3) is 0 Å². The average Bonchev–Trinajstić information content (AvgIpc) is 2.56. The normalized spacial score (nSPS) is 17.2. The molecule has 0 amide bonds. The molecule has 0 bridgehead atoms. The second-order valence-electron chi connectivity index (χ2n) is 2.86. The van der Waals surface area contributed by atoms with Crippen LogP contribution >= 0.6 is 20.2 Å². The first-order valence-corrected chi connectivity index (χ1v) is 5.87. The number of thiophene rings is 1. The van der Waals surface area contributed by atoms with E-state index >= 15 is 0 Å². The molecule has 3 heterocycles. The van der Waals surface area contributed by atoms with Gasteiger partial charge < -0.3 is 5.09 Å². The van der Waals surface area contributed by atoms with Gasteiger partial charge in [0.15, 0.2) is 0 Å². The van der Waals surface area contributed by atoms with Crippen LogP contribution < -0.4 is 10.2 Å². The standard InChI is InChI=1S/C8H8N3PS/c1-2-5-7-6(4-10-12-11-7)13-8(5)9-3-1/h1-3,10-12H,4H2. The van der Waals surface area contributed by atoms with Gasteiger partial charge in [-0.25, -0.2) is 4.98 Å². The van der Waals surface area contributed by atoms with Crippen molar-refractivity contribution >= 4 is 36.1 Å². The van der Waals surface area contributed by atoms with E-state index in [4.69, 9.17) is 0 Å². The summed E-state index contributed by atoms with van der Waals surface area (Å²) in [4.78, 5) is 6.84. The molecule has 13 heavy (non-hydrogen) atoms. The quantitative estimate of drug-likeness (QED) is 0.654. The van der Waals surface area contributed by atoms with Gasteiger partial charge in [-0.1, -0.05) is 0 Å². The molecule has 0 saturated heterocycles. The van der Waals surface area contributed by atoms with Crippen LogP contribution in [0.2, 0.25) is 0 Å². The fourth-order valence-corrected chi connectivity index (χ4v) is 3.49. The second kappa shape index (κ2) is 2.91. The Balaban J connectivity index is 2.34. The van der Waals surface area contributed by atoms with Crippen LogP contribution in [-0.4, -0.2) is 4.98 Å². The van der Waals surface area contributed by atoms with Gasteiger partial charge >= 0.3 is 0 Å².